The SMILES string of the molecule is CCc1oc2c(NC(=O)N(C)Cc3cnn(C)c3)cccc2c1C. The van der Waals surface area contributed by atoms with Gasteiger partial charge in [0, 0.05) is 37.7 Å². The maximum absolute atomic E-state index is 12.5. The number of nitrogens with zero attached hydrogens (tertiary/aromatic N) is 3. The van der Waals surface area contributed by atoms with Crippen molar-refractivity contribution in [1.29, 1.82) is 0 Å². The van der Waals surface area contributed by atoms with Crippen LogP contribution in [0.3, 0.4) is 0 Å². The van der Waals surface area contributed by atoms with Crippen molar-refractivity contribution in [3.63, 3.8) is 0 Å². The Morgan fingerprint density at radius 1 is 1.42 bits per heavy atom. The molecular weight excluding hydrogens is 304 g/mol. The normalized spacial score (nSPS) is 11.0. The molecule has 1 N–H and O–H groups in total. The lowest BCUT2D eigenvalue weighted by molar-refractivity contribution is 0.220. The maximum Gasteiger partial charge on any atom is 0.321 e. The molecule has 0 fully saturated rings. The zero-order valence-corrected chi connectivity index (χ0v) is 14.5. The van der Waals surface area contributed by atoms with E-state index < -0.39 is 0 Å². The number of hydrogen-bond donors (Lipinski definition) is 1. The van der Waals surface area contributed by atoms with Gasteiger partial charge in [0.2, 0.25) is 0 Å². The summed E-state index contributed by atoms with van der Waals surface area (Å²) in [4.78, 5) is 14.1. The van der Waals surface area contributed by atoms with E-state index >= 15 is 0 Å². The van der Waals surface area contributed by atoms with Crippen molar-refractivity contribution in [2.75, 3.05) is 12.4 Å². The summed E-state index contributed by atoms with van der Waals surface area (Å²) in [5.41, 5.74) is 3.54. The van der Waals surface area contributed by atoms with Gasteiger partial charge in [0.05, 0.1) is 18.4 Å². The summed E-state index contributed by atoms with van der Waals surface area (Å²) in [6.45, 7) is 4.60. The highest BCUT2D eigenvalue weighted by molar-refractivity contribution is 6.00. The molecule has 3 rings (SSSR count). The number of carbonyl (C=O) groups excluding carboxylic acids is 1. The van der Waals surface area contributed by atoms with E-state index in [4.69, 9.17) is 4.42 Å². The highest BCUT2D eigenvalue weighted by Gasteiger charge is 2.16. The number of hydrogen-bond acceptors (Lipinski definition) is 3. The molecule has 0 saturated carbocycles. The van der Waals surface area contributed by atoms with Crippen LogP contribution in [0.15, 0.2) is 35.0 Å². The number of benzene rings is 1. The van der Waals surface area contributed by atoms with Crippen molar-refractivity contribution in [2.24, 2.45) is 7.05 Å². The number of urea groups is 1. The molecule has 0 spiro atoms. The summed E-state index contributed by atoms with van der Waals surface area (Å²) >= 11 is 0. The molecule has 6 nitrogen and oxygen atoms in total. The topological polar surface area (TPSA) is 63.3 Å². The fourth-order valence-corrected chi connectivity index (χ4v) is 2.84. The minimum Gasteiger partial charge on any atom is -0.459 e. The largest absolute Gasteiger partial charge is 0.459 e. The molecule has 2 aromatic heterocycles. The third-order valence-electron chi connectivity index (χ3n) is 4.15. The third kappa shape index (κ3) is 2.99. The number of aromatic nitrogens is 2. The van der Waals surface area contributed by atoms with Gasteiger partial charge >= 0.3 is 6.03 Å². The standard InChI is InChI=1S/C18H22N4O2/c1-5-16-12(2)14-7-6-8-15(17(14)24-16)20-18(23)21(3)10-13-9-19-22(4)11-13/h6-9,11H,5,10H2,1-4H3,(H,20,23). The summed E-state index contributed by atoms with van der Waals surface area (Å²) in [6, 6.07) is 5.63. The van der Waals surface area contributed by atoms with Gasteiger partial charge in [-0.1, -0.05) is 19.1 Å². The van der Waals surface area contributed by atoms with Gasteiger partial charge in [0.1, 0.15) is 5.76 Å². The Bertz CT molecular complexity index is 878. The number of anilines is 1. The molecule has 0 aliphatic heterocycles. The maximum atomic E-state index is 12.5. The van der Waals surface area contributed by atoms with Crippen molar-refractivity contribution in [1.82, 2.24) is 14.7 Å². The number of rotatable bonds is 4. The highest BCUT2D eigenvalue weighted by Crippen LogP contribution is 2.31. The first-order valence-electron chi connectivity index (χ1n) is 8.00. The second-order valence-corrected chi connectivity index (χ2v) is 5.99. The van der Waals surface area contributed by atoms with E-state index in [1.54, 1.807) is 22.8 Å². The van der Waals surface area contributed by atoms with Crippen LogP contribution in [0.2, 0.25) is 0 Å². The Hall–Kier alpha value is -2.76. The first-order valence-corrected chi connectivity index (χ1v) is 8.00. The van der Waals surface area contributed by atoms with Gasteiger partial charge in [-0.25, -0.2) is 4.79 Å². The van der Waals surface area contributed by atoms with Crippen molar-refractivity contribution in [3.05, 3.63) is 47.5 Å². The van der Waals surface area contributed by atoms with E-state index in [2.05, 4.69) is 17.3 Å². The Morgan fingerprint density at radius 3 is 2.88 bits per heavy atom. The predicted octanol–water partition coefficient (Wildman–Crippen LogP) is 3.70. The van der Waals surface area contributed by atoms with Crippen molar-refractivity contribution in [3.8, 4) is 0 Å². The van der Waals surface area contributed by atoms with E-state index in [9.17, 15) is 4.79 Å². The van der Waals surface area contributed by atoms with Gasteiger partial charge in [0.15, 0.2) is 5.58 Å². The second-order valence-electron chi connectivity index (χ2n) is 5.99. The molecule has 0 aliphatic rings. The molecule has 0 bridgehead atoms. The lowest BCUT2D eigenvalue weighted by Crippen LogP contribution is -2.30. The minimum atomic E-state index is -0.182. The number of aryl methyl sites for hydroxylation is 3. The highest BCUT2D eigenvalue weighted by atomic mass is 16.3. The molecule has 0 aliphatic carbocycles. The first kappa shape index (κ1) is 16.1. The summed E-state index contributed by atoms with van der Waals surface area (Å²) < 4.78 is 7.66. The second kappa shape index (κ2) is 6.39. The van der Waals surface area contributed by atoms with Gasteiger partial charge < -0.3 is 14.6 Å². The Morgan fingerprint density at radius 2 is 2.21 bits per heavy atom. The summed E-state index contributed by atoms with van der Waals surface area (Å²) in [7, 11) is 3.61. The smallest absolute Gasteiger partial charge is 0.321 e. The van der Waals surface area contributed by atoms with Crippen LogP contribution in [0.25, 0.3) is 11.0 Å². The third-order valence-corrected chi connectivity index (χ3v) is 4.15. The van der Waals surface area contributed by atoms with Crippen LogP contribution < -0.4 is 5.32 Å². The van der Waals surface area contributed by atoms with Gasteiger partial charge in [0.25, 0.3) is 0 Å². The fourth-order valence-electron chi connectivity index (χ4n) is 2.84. The van der Waals surface area contributed by atoms with Crippen molar-refractivity contribution in [2.45, 2.75) is 26.8 Å². The van der Waals surface area contributed by atoms with Crippen LogP contribution in [0.1, 0.15) is 23.8 Å². The molecule has 126 valence electrons. The number of nitrogens with one attached hydrogen (secondary N) is 1. The molecule has 0 unspecified atom stereocenters. The van der Waals surface area contributed by atoms with Gasteiger partial charge in [-0.2, -0.15) is 5.10 Å². The van der Waals surface area contributed by atoms with Crippen LogP contribution in [-0.4, -0.2) is 27.8 Å². The number of fused-ring (bicyclic) bond motifs is 1. The minimum absolute atomic E-state index is 0.182. The van der Waals surface area contributed by atoms with Crippen LogP contribution in [0, 0.1) is 6.92 Å². The lowest BCUT2D eigenvalue weighted by Gasteiger charge is -2.17. The van der Waals surface area contributed by atoms with Crippen LogP contribution >= 0.6 is 0 Å². The van der Waals surface area contributed by atoms with E-state index in [1.165, 1.54) is 0 Å². The molecule has 1 aromatic carbocycles. The lowest BCUT2D eigenvalue weighted by atomic mass is 10.1. The monoisotopic (exact) mass is 326 g/mol. The van der Waals surface area contributed by atoms with E-state index in [0.717, 1.165) is 34.3 Å². The molecule has 0 atom stereocenters. The molecule has 0 saturated heterocycles. The average molecular weight is 326 g/mol. The Labute approximate surface area is 141 Å². The van der Waals surface area contributed by atoms with Crippen LogP contribution in [0.4, 0.5) is 10.5 Å². The zero-order chi connectivity index (χ0) is 17.3. The van der Waals surface area contributed by atoms with Crippen molar-refractivity contribution < 1.29 is 9.21 Å². The quantitative estimate of drug-likeness (QED) is 0.795. The molecule has 6 heteroatoms. The number of furan rings is 1. The Kier molecular flexibility index (Phi) is 4.29. The van der Waals surface area contributed by atoms with Gasteiger partial charge in [-0.3, -0.25) is 4.68 Å². The summed E-state index contributed by atoms with van der Waals surface area (Å²) in [6.07, 6.45) is 4.48. The first-order chi connectivity index (χ1) is 11.5. The summed E-state index contributed by atoms with van der Waals surface area (Å²) in [5.74, 6) is 0.954. The number of carbonyl (C=O) groups is 1. The number of para-hydroxylation sites is 1. The zero-order valence-electron chi connectivity index (χ0n) is 14.5. The van der Waals surface area contributed by atoms with E-state index in [-0.39, 0.29) is 6.03 Å². The van der Waals surface area contributed by atoms with Gasteiger partial charge in [-0.05, 0) is 18.6 Å². The van der Waals surface area contributed by atoms with Crippen LogP contribution in [0.5, 0.6) is 0 Å². The molecular formula is C18H22N4O2. The molecule has 2 amide bonds. The molecule has 2 heterocycles. The summed E-state index contributed by atoms with van der Waals surface area (Å²) in [5, 5.41) is 8.10. The average Bonchev–Trinajstić information content (AvgIpc) is 3.11. The van der Waals surface area contributed by atoms with E-state index in [1.807, 2.05) is 38.4 Å². The van der Waals surface area contributed by atoms with Crippen LogP contribution in [-0.2, 0) is 20.0 Å². The predicted molar refractivity (Wildman–Crippen MR) is 94.0 cm³/mol. The Balaban J connectivity index is 1.80. The molecule has 24 heavy (non-hydrogen) atoms. The fraction of sp³-hybridized carbons (Fsp3) is 0.333. The molecule has 3 aromatic rings. The number of amides is 2. The van der Waals surface area contributed by atoms with Crippen molar-refractivity contribution >= 4 is 22.7 Å². The van der Waals surface area contributed by atoms with E-state index in [0.29, 0.717) is 12.2 Å². The van der Waals surface area contributed by atoms with Gasteiger partial charge in [-0.15, -0.1) is 0 Å². The molecule has 0 radical (unpaired) electrons.